The first-order valence-electron chi connectivity index (χ1n) is 3.53. The second-order valence-corrected chi connectivity index (χ2v) is 2.93. The third-order valence-corrected chi connectivity index (χ3v) is 1.96. The Hall–Kier alpha value is -0.390. The van der Waals surface area contributed by atoms with E-state index in [0.29, 0.717) is 0 Å². The maximum absolute atomic E-state index is 5.91. The SMILES string of the molecule is [B]C1=CCCC([B])(C=C)C1. The van der Waals surface area contributed by atoms with E-state index in [2.05, 4.69) is 6.58 Å². The molecule has 0 spiro atoms. The van der Waals surface area contributed by atoms with Crippen molar-refractivity contribution in [3.05, 3.63) is 24.2 Å². The van der Waals surface area contributed by atoms with Crippen molar-refractivity contribution in [1.82, 2.24) is 0 Å². The fourth-order valence-corrected chi connectivity index (χ4v) is 1.24. The average Bonchev–Trinajstić information content (AvgIpc) is 1.88. The van der Waals surface area contributed by atoms with E-state index in [4.69, 9.17) is 15.7 Å². The third kappa shape index (κ3) is 1.56. The zero-order valence-corrected chi connectivity index (χ0v) is 6.14. The van der Waals surface area contributed by atoms with Crippen LogP contribution in [-0.2, 0) is 0 Å². The van der Waals surface area contributed by atoms with Crippen molar-refractivity contribution >= 4 is 15.7 Å². The van der Waals surface area contributed by atoms with Gasteiger partial charge in [-0.3, -0.25) is 0 Å². The molecule has 4 radical (unpaired) electrons. The lowest BCUT2D eigenvalue weighted by molar-refractivity contribution is 0.602. The molecule has 0 aromatic carbocycles. The van der Waals surface area contributed by atoms with Crippen molar-refractivity contribution in [2.45, 2.75) is 24.6 Å². The zero-order valence-electron chi connectivity index (χ0n) is 6.14. The van der Waals surface area contributed by atoms with Crippen molar-refractivity contribution < 1.29 is 0 Å². The largest absolute Gasteiger partial charge is 0.121 e. The molecule has 0 fully saturated rings. The van der Waals surface area contributed by atoms with Gasteiger partial charge in [-0.1, -0.05) is 12.2 Å². The molecule has 1 aliphatic rings. The van der Waals surface area contributed by atoms with Crippen molar-refractivity contribution in [3.8, 4) is 0 Å². The Bertz CT molecular complexity index is 172. The molecule has 0 amide bonds. The minimum atomic E-state index is -0.237. The van der Waals surface area contributed by atoms with E-state index in [0.717, 1.165) is 24.7 Å². The Morgan fingerprint density at radius 1 is 1.70 bits per heavy atom. The van der Waals surface area contributed by atoms with Crippen LogP contribution in [0.15, 0.2) is 24.2 Å². The molecule has 1 atom stereocenters. The molecule has 0 bridgehead atoms. The Morgan fingerprint density at radius 3 is 2.80 bits per heavy atom. The van der Waals surface area contributed by atoms with Gasteiger partial charge in [0.2, 0.25) is 0 Å². The van der Waals surface area contributed by atoms with Gasteiger partial charge in [-0.05, 0) is 24.6 Å². The van der Waals surface area contributed by atoms with Gasteiger partial charge in [0.05, 0.1) is 7.85 Å². The highest BCUT2D eigenvalue weighted by Gasteiger charge is 2.21. The summed E-state index contributed by atoms with van der Waals surface area (Å²) in [5.74, 6) is 0. The number of hydrogen-bond donors (Lipinski definition) is 0. The topological polar surface area (TPSA) is 0 Å². The maximum atomic E-state index is 5.91. The molecule has 48 valence electrons. The van der Waals surface area contributed by atoms with Gasteiger partial charge < -0.3 is 0 Å². The minimum Gasteiger partial charge on any atom is -0.121 e. The first-order valence-corrected chi connectivity index (χ1v) is 3.53. The van der Waals surface area contributed by atoms with Gasteiger partial charge >= 0.3 is 0 Å². The van der Waals surface area contributed by atoms with E-state index in [1.807, 2.05) is 6.08 Å². The Morgan fingerprint density at radius 2 is 2.40 bits per heavy atom. The molecule has 1 aliphatic carbocycles. The van der Waals surface area contributed by atoms with Crippen LogP contribution in [-0.4, -0.2) is 15.7 Å². The van der Waals surface area contributed by atoms with Crippen LogP contribution in [0.3, 0.4) is 0 Å². The summed E-state index contributed by atoms with van der Waals surface area (Å²) in [6, 6.07) is 0. The predicted molar refractivity (Wildman–Crippen MR) is 46.3 cm³/mol. The van der Waals surface area contributed by atoms with Crippen LogP contribution < -0.4 is 0 Å². The zero-order chi connectivity index (χ0) is 7.61. The lowest BCUT2D eigenvalue weighted by Crippen LogP contribution is -2.14. The predicted octanol–water partition coefficient (Wildman–Crippen LogP) is 1.74. The molecular formula is C8H10B2. The Kier molecular flexibility index (Phi) is 2.08. The smallest absolute Gasteiger partial charge is 0.107 e. The van der Waals surface area contributed by atoms with E-state index >= 15 is 0 Å². The van der Waals surface area contributed by atoms with E-state index in [1.165, 1.54) is 0 Å². The second kappa shape index (κ2) is 2.69. The van der Waals surface area contributed by atoms with Crippen LogP contribution in [0.5, 0.6) is 0 Å². The molecule has 0 heterocycles. The molecule has 1 unspecified atom stereocenters. The van der Waals surface area contributed by atoms with E-state index in [-0.39, 0.29) is 5.31 Å². The van der Waals surface area contributed by atoms with Crippen LogP contribution in [0.2, 0.25) is 5.31 Å². The maximum Gasteiger partial charge on any atom is 0.107 e. The van der Waals surface area contributed by atoms with Crippen molar-refractivity contribution in [1.29, 1.82) is 0 Å². The number of allylic oxidation sites excluding steroid dienone is 3. The van der Waals surface area contributed by atoms with Gasteiger partial charge in [-0.2, -0.15) is 0 Å². The van der Waals surface area contributed by atoms with Gasteiger partial charge in [0.15, 0.2) is 0 Å². The summed E-state index contributed by atoms with van der Waals surface area (Å²) in [5, 5.41) is -0.237. The molecular weight excluding hydrogens is 118 g/mol. The molecule has 0 aliphatic heterocycles. The van der Waals surface area contributed by atoms with E-state index in [1.54, 1.807) is 6.08 Å². The van der Waals surface area contributed by atoms with Crippen LogP contribution in [0.4, 0.5) is 0 Å². The van der Waals surface area contributed by atoms with Crippen LogP contribution >= 0.6 is 0 Å². The monoisotopic (exact) mass is 128 g/mol. The summed E-state index contributed by atoms with van der Waals surface area (Å²) in [7, 11) is 11.5. The standard InChI is InChI=1S/C8H10B2/c1-2-8(10)5-3-4-7(9)6-8/h2,4H,1,3,5-6H2. The normalized spacial score (nSPS) is 33.0. The fraction of sp³-hybridized carbons (Fsp3) is 0.500. The highest BCUT2D eigenvalue weighted by atomic mass is 14.2. The molecule has 0 saturated heterocycles. The first-order chi connectivity index (χ1) is 4.66. The summed E-state index contributed by atoms with van der Waals surface area (Å²) < 4.78 is 0. The lowest BCUT2D eigenvalue weighted by Gasteiger charge is -2.30. The van der Waals surface area contributed by atoms with Crippen LogP contribution in [0.25, 0.3) is 0 Å². The summed E-state index contributed by atoms with van der Waals surface area (Å²) >= 11 is 0. The summed E-state index contributed by atoms with van der Waals surface area (Å²) in [4.78, 5) is 0. The fourth-order valence-electron chi connectivity index (χ4n) is 1.24. The van der Waals surface area contributed by atoms with Gasteiger partial charge in [-0.25, -0.2) is 0 Å². The van der Waals surface area contributed by atoms with E-state index in [9.17, 15) is 0 Å². The van der Waals surface area contributed by atoms with Crippen LogP contribution in [0, 0.1) is 0 Å². The van der Waals surface area contributed by atoms with Crippen molar-refractivity contribution in [3.63, 3.8) is 0 Å². The van der Waals surface area contributed by atoms with Gasteiger partial charge in [0, 0.05) is 0 Å². The Balaban J connectivity index is 2.68. The number of rotatable bonds is 1. The molecule has 0 nitrogen and oxygen atoms in total. The van der Waals surface area contributed by atoms with Gasteiger partial charge in [-0.15, -0.1) is 12.1 Å². The molecule has 0 aromatic rings. The highest BCUT2D eigenvalue weighted by molar-refractivity contribution is 6.24. The average molecular weight is 128 g/mol. The molecule has 0 aromatic heterocycles. The van der Waals surface area contributed by atoms with Crippen molar-refractivity contribution in [2.24, 2.45) is 0 Å². The summed E-state index contributed by atoms with van der Waals surface area (Å²) in [6.07, 6.45) is 6.55. The minimum absolute atomic E-state index is 0.237. The first kappa shape index (κ1) is 7.71. The quantitative estimate of drug-likeness (QED) is 0.372. The molecule has 1 rings (SSSR count). The lowest BCUT2D eigenvalue weighted by atomic mass is 9.58. The van der Waals surface area contributed by atoms with E-state index < -0.39 is 0 Å². The molecule has 10 heavy (non-hydrogen) atoms. The second-order valence-electron chi connectivity index (χ2n) is 2.93. The third-order valence-electron chi connectivity index (χ3n) is 1.96. The van der Waals surface area contributed by atoms with Crippen molar-refractivity contribution in [2.75, 3.05) is 0 Å². The van der Waals surface area contributed by atoms with Gasteiger partial charge in [0.1, 0.15) is 7.85 Å². The molecule has 0 saturated carbocycles. The molecule has 0 N–H and O–H groups in total. The summed E-state index contributed by atoms with van der Waals surface area (Å²) in [6.45, 7) is 3.68. The highest BCUT2D eigenvalue weighted by Crippen LogP contribution is 2.39. The number of hydrogen-bond acceptors (Lipinski definition) is 0. The molecule has 2 heteroatoms. The van der Waals surface area contributed by atoms with Crippen LogP contribution in [0.1, 0.15) is 19.3 Å². The van der Waals surface area contributed by atoms with Gasteiger partial charge in [0.25, 0.3) is 0 Å². The Labute approximate surface area is 65.2 Å². The summed E-state index contributed by atoms with van der Waals surface area (Å²) in [5.41, 5.74) is 0.897.